The van der Waals surface area contributed by atoms with E-state index in [4.69, 9.17) is 0 Å². The molecule has 0 spiro atoms. The monoisotopic (exact) mass is 179 g/mol. The largest absolute Gasteiger partial charge is 0.345 e. The average Bonchev–Trinajstić information content (AvgIpc) is 2.44. The second-order valence-corrected chi connectivity index (χ2v) is 3.03. The molecular weight excluding hydrogens is 170 g/mol. The van der Waals surface area contributed by atoms with E-state index >= 15 is 0 Å². The van der Waals surface area contributed by atoms with Gasteiger partial charge in [0.2, 0.25) is 0 Å². The van der Waals surface area contributed by atoms with Crippen LogP contribution in [0.4, 0.5) is 0 Å². The number of hydrogen-bond donors (Lipinski definition) is 2. The summed E-state index contributed by atoms with van der Waals surface area (Å²) < 4.78 is 1.38. The summed E-state index contributed by atoms with van der Waals surface area (Å²) in [6.45, 7) is 1.84. The van der Waals surface area contributed by atoms with E-state index in [2.05, 4.69) is 9.97 Å². The Morgan fingerprint density at radius 1 is 1.31 bits per heavy atom. The highest BCUT2D eigenvalue weighted by molar-refractivity contribution is 5.75. The van der Waals surface area contributed by atoms with Crippen molar-refractivity contribution in [2.24, 2.45) is 7.05 Å². The third kappa shape index (κ3) is 1.00. The fourth-order valence-electron chi connectivity index (χ4n) is 1.36. The van der Waals surface area contributed by atoms with Crippen molar-refractivity contribution in [3.8, 4) is 0 Å². The van der Waals surface area contributed by atoms with E-state index in [1.165, 1.54) is 4.57 Å². The number of aromatic amines is 2. The molecule has 2 rings (SSSR count). The number of aromatic nitrogens is 3. The van der Waals surface area contributed by atoms with Crippen molar-refractivity contribution in [2.45, 2.75) is 6.92 Å². The molecule has 5 heteroatoms. The van der Waals surface area contributed by atoms with Gasteiger partial charge in [-0.3, -0.25) is 14.3 Å². The Kier molecular flexibility index (Phi) is 1.42. The number of nitrogens with zero attached hydrogens (tertiary/aromatic N) is 1. The lowest BCUT2D eigenvalue weighted by Gasteiger charge is -1.96. The van der Waals surface area contributed by atoms with Crippen molar-refractivity contribution in [3.05, 3.63) is 32.6 Å². The highest BCUT2D eigenvalue weighted by atomic mass is 16.2. The molecule has 2 N–H and O–H groups in total. The Balaban J connectivity index is 3.13. The zero-order chi connectivity index (χ0) is 9.59. The van der Waals surface area contributed by atoms with Gasteiger partial charge in [0.05, 0.1) is 5.39 Å². The molecule has 0 unspecified atom stereocenters. The molecule has 0 aliphatic rings. The van der Waals surface area contributed by atoms with Gasteiger partial charge in [0.1, 0.15) is 5.65 Å². The Morgan fingerprint density at radius 2 is 2.00 bits per heavy atom. The Hall–Kier alpha value is -1.78. The fourth-order valence-corrected chi connectivity index (χ4v) is 1.36. The first-order chi connectivity index (χ1) is 6.09. The van der Waals surface area contributed by atoms with Crippen LogP contribution in [0.3, 0.4) is 0 Å². The van der Waals surface area contributed by atoms with Crippen LogP contribution in [-0.4, -0.2) is 14.5 Å². The molecule has 0 atom stereocenters. The fraction of sp³-hybridized carbons (Fsp3) is 0.250. The lowest BCUT2D eigenvalue weighted by molar-refractivity contribution is 0.832. The number of rotatable bonds is 0. The average molecular weight is 179 g/mol. The Labute approximate surface area is 73.0 Å². The lowest BCUT2D eigenvalue weighted by Crippen LogP contribution is -2.27. The lowest BCUT2D eigenvalue weighted by atomic mass is 10.4. The SMILES string of the molecule is Cc1cc2c(=O)[nH]c(=O)n(C)c2[nH]1. The van der Waals surface area contributed by atoms with Gasteiger partial charge < -0.3 is 4.98 Å². The summed E-state index contributed by atoms with van der Waals surface area (Å²) in [6.07, 6.45) is 0. The second-order valence-electron chi connectivity index (χ2n) is 3.03. The summed E-state index contributed by atoms with van der Waals surface area (Å²) in [4.78, 5) is 27.6. The van der Waals surface area contributed by atoms with Crippen molar-refractivity contribution in [1.82, 2.24) is 14.5 Å². The van der Waals surface area contributed by atoms with Gasteiger partial charge in [-0.05, 0) is 13.0 Å². The number of fused-ring (bicyclic) bond motifs is 1. The summed E-state index contributed by atoms with van der Waals surface area (Å²) in [5.41, 5.74) is 0.676. The zero-order valence-electron chi connectivity index (χ0n) is 7.34. The number of aryl methyl sites for hydroxylation is 2. The molecule has 0 radical (unpaired) electrons. The van der Waals surface area contributed by atoms with Gasteiger partial charge in [0.25, 0.3) is 5.56 Å². The van der Waals surface area contributed by atoms with Crippen LogP contribution in [-0.2, 0) is 7.05 Å². The van der Waals surface area contributed by atoms with E-state index in [-0.39, 0.29) is 5.56 Å². The third-order valence-corrected chi connectivity index (χ3v) is 2.04. The topological polar surface area (TPSA) is 70.7 Å². The minimum absolute atomic E-state index is 0.345. The summed E-state index contributed by atoms with van der Waals surface area (Å²) in [5, 5.41) is 0.514. The van der Waals surface area contributed by atoms with Crippen molar-refractivity contribution < 1.29 is 0 Å². The maximum Gasteiger partial charge on any atom is 0.329 e. The predicted octanol–water partition coefficient (Wildman–Crippen LogP) is -0.137. The van der Waals surface area contributed by atoms with E-state index in [0.717, 1.165) is 5.69 Å². The van der Waals surface area contributed by atoms with Gasteiger partial charge >= 0.3 is 5.69 Å². The van der Waals surface area contributed by atoms with Crippen molar-refractivity contribution in [1.29, 1.82) is 0 Å². The molecule has 0 bridgehead atoms. The van der Waals surface area contributed by atoms with Crippen molar-refractivity contribution >= 4 is 11.0 Å². The van der Waals surface area contributed by atoms with Crippen LogP contribution in [0, 0.1) is 6.92 Å². The van der Waals surface area contributed by atoms with Crippen LogP contribution >= 0.6 is 0 Å². The molecule has 5 nitrogen and oxygen atoms in total. The van der Waals surface area contributed by atoms with Crippen LogP contribution in [0.2, 0.25) is 0 Å². The van der Waals surface area contributed by atoms with Crippen LogP contribution in [0.5, 0.6) is 0 Å². The zero-order valence-corrected chi connectivity index (χ0v) is 7.34. The molecule has 2 aromatic rings. The number of H-pyrrole nitrogens is 2. The highest BCUT2D eigenvalue weighted by Gasteiger charge is 2.05. The minimum Gasteiger partial charge on any atom is -0.345 e. The summed E-state index contributed by atoms with van der Waals surface area (Å²) >= 11 is 0. The standard InChI is InChI=1S/C8H9N3O2/c1-4-3-5-6(9-4)11(2)8(13)10-7(5)12/h3,9H,1-2H3,(H,10,12,13). The summed E-state index contributed by atoms with van der Waals surface area (Å²) in [5.74, 6) is 0. The second kappa shape index (κ2) is 2.35. The molecular formula is C8H9N3O2. The van der Waals surface area contributed by atoms with Gasteiger partial charge in [-0.2, -0.15) is 0 Å². The first-order valence-electron chi connectivity index (χ1n) is 3.88. The molecule has 0 amide bonds. The van der Waals surface area contributed by atoms with Gasteiger partial charge in [-0.15, -0.1) is 0 Å². The first-order valence-corrected chi connectivity index (χ1v) is 3.88. The Bertz CT molecular complexity index is 573. The number of hydrogen-bond acceptors (Lipinski definition) is 2. The maximum absolute atomic E-state index is 11.3. The van der Waals surface area contributed by atoms with Gasteiger partial charge in [-0.1, -0.05) is 0 Å². The van der Waals surface area contributed by atoms with Crippen LogP contribution in [0.1, 0.15) is 5.69 Å². The third-order valence-electron chi connectivity index (χ3n) is 2.04. The van der Waals surface area contributed by atoms with E-state index in [1.807, 2.05) is 6.92 Å². The minimum atomic E-state index is -0.403. The van der Waals surface area contributed by atoms with Crippen molar-refractivity contribution in [3.63, 3.8) is 0 Å². The quantitative estimate of drug-likeness (QED) is 0.591. The smallest absolute Gasteiger partial charge is 0.329 e. The molecule has 13 heavy (non-hydrogen) atoms. The first kappa shape index (κ1) is 7.85. The molecule has 2 heterocycles. The van der Waals surface area contributed by atoms with Gasteiger partial charge in [0, 0.05) is 12.7 Å². The molecule has 0 fully saturated rings. The van der Waals surface area contributed by atoms with Gasteiger partial charge in [0.15, 0.2) is 0 Å². The summed E-state index contributed by atoms with van der Waals surface area (Å²) in [6, 6.07) is 1.72. The molecule has 68 valence electrons. The van der Waals surface area contributed by atoms with E-state index < -0.39 is 5.69 Å². The van der Waals surface area contributed by atoms with Crippen LogP contribution in [0.25, 0.3) is 11.0 Å². The van der Waals surface area contributed by atoms with Crippen LogP contribution in [0.15, 0.2) is 15.7 Å². The molecule has 0 aliphatic heterocycles. The van der Waals surface area contributed by atoms with Gasteiger partial charge in [-0.25, -0.2) is 4.79 Å². The predicted molar refractivity (Wildman–Crippen MR) is 48.9 cm³/mol. The molecule has 0 saturated heterocycles. The normalized spacial score (nSPS) is 10.9. The molecule has 0 saturated carbocycles. The van der Waals surface area contributed by atoms with Crippen LogP contribution < -0.4 is 11.2 Å². The van der Waals surface area contributed by atoms with E-state index in [1.54, 1.807) is 13.1 Å². The van der Waals surface area contributed by atoms with E-state index in [0.29, 0.717) is 11.0 Å². The highest BCUT2D eigenvalue weighted by Crippen LogP contribution is 2.06. The molecule has 0 aliphatic carbocycles. The maximum atomic E-state index is 11.3. The molecule has 2 aromatic heterocycles. The number of nitrogens with one attached hydrogen (secondary N) is 2. The Morgan fingerprint density at radius 3 is 2.69 bits per heavy atom. The molecule has 0 aromatic carbocycles. The van der Waals surface area contributed by atoms with Crippen molar-refractivity contribution in [2.75, 3.05) is 0 Å². The van der Waals surface area contributed by atoms with E-state index in [9.17, 15) is 9.59 Å². The summed E-state index contributed by atoms with van der Waals surface area (Å²) in [7, 11) is 1.61.